The lowest BCUT2D eigenvalue weighted by Gasteiger charge is -2.14. The maximum Gasteiger partial charge on any atom is 0.135 e. The third kappa shape index (κ3) is 3.79. The molecule has 46 heavy (non-hydrogen) atoms. The molecule has 0 unspecified atom stereocenters. The summed E-state index contributed by atoms with van der Waals surface area (Å²) in [4.78, 5) is 0. The summed E-state index contributed by atoms with van der Waals surface area (Å²) in [6.07, 6.45) is 0. The largest absolute Gasteiger partial charge is 0.456 e. The van der Waals surface area contributed by atoms with Crippen molar-refractivity contribution in [3.05, 3.63) is 138 Å². The van der Waals surface area contributed by atoms with E-state index in [9.17, 15) is 21.0 Å². The Balaban J connectivity index is 1.53. The van der Waals surface area contributed by atoms with Crippen LogP contribution in [0, 0.1) is 45.3 Å². The molecule has 8 rings (SSSR count). The van der Waals surface area contributed by atoms with E-state index in [1.165, 1.54) is 0 Å². The molecule has 0 spiro atoms. The zero-order chi connectivity index (χ0) is 31.4. The number of furan rings is 1. The molecule has 0 N–H and O–H groups in total. The molecule has 0 bridgehead atoms. The molecular formula is C40H19N5O. The summed E-state index contributed by atoms with van der Waals surface area (Å²) in [5.41, 5.74) is 8.45. The van der Waals surface area contributed by atoms with E-state index >= 15 is 0 Å². The molecule has 0 aliphatic rings. The van der Waals surface area contributed by atoms with Gasteiger partial charge in [-0.1, -0.05) is 54.6 Å². The summed E-state index contributed by atoms with van der Waals surface area (Å²) in [5, 5.41) is 43.9. The molecule has 0 fully saturated rings. The van der Waals surface area contributed by atoms with Crippen molar-refractivity contribution in [2.24, 2.45) is 0 Å². The van der Waals surface area contributed by atoms with Crippen molar-refractivity contribution in [3.8, 4) is 52.2 Å². The van der Waals surface area contributed by atoms with Gasteiger partial charge in [0.1, 0.15) is 11.2 Å². The van der Waals surface area contributed by atoms with Crippen LogP contribution in [-0.4, -0.2) is 4.57 Å². The lowest BCUT2D eigenvalue weighted by Crippen LogP contribution is -1.97. The first-order valence-electron chi connectivity index (χ1n) is 14.5. The number of hydrogen-bond acceptors (Lipinski definition) is 5. The maximum absolute atomic E-state index is 10.1. The number of benzene rings is 6. The van der Waals surface area contributed by atoms with Gasteiger partial charge in [-0.15, -0.1) is 0 Å². The Kier molecular flexibility index (Phi) is 5.91. The van der Waals surface area contributed by atoms with Gasteiger partial charge in [0.2, 0.25) is 0 Å². The van der Waals surface area contributed by atoms with E-state index in [4.69, 9.17) is 4.42 Å². The number of rotatable bonds is 3. The minimum absolute atomic E-state index is 0.405. The molecule has 0 aliphatic carbocycles. The highest BCUT2D eigenvalue weighted by Crippen LogP contribution is 2.42. The smallest absolute Gasteiger partial charge is 0.135 e. The average molecular weight is 586 g/mol. The minimum Gasteiger partial charge on any atom is -0.456 e. The predicted molar refractivity (Wildman–Crippen MR) is 178 cm³/mol. The first kappa shape index (κ1) is 26.5. The second-order valence-corrected chi connectivity index (χ2v) is 11.0. The van der Waals surface area contributed by atoms with Crippen molar-refractivity contribution in [1.82, 2.24) is 4.57 Å². The van der Waals surface area contributed by atoms with Gasteiger partial charge in [-0.2, -0.15) is 21.0 Å². The Morgan fingerprint density at radius 3 is 1.78 bits per heavy atom. The molecule has 0 saturated heterocycles. The van der Waals surface area contributed by atoms with E-state index in [-0.39, 0.29) is 0 Å². The monoisotopic (exact) mass is 585 g/mol. The van der Waals surface area contributed by atoms with Crippen LogP contribution in [0.25, 0.3) is 71.7 Å². The molecule has 0 aliphatic heterocycles. The van der Waals surface area contributed by atoms with Crippen molar-refractivity contribution in [3.63, 3.8) is 0 Å². The number of fused-ring (bicyclic) bond motifs is 6. The Morgan fingerprint density at radius 1 is 0.478 bits per heavy atom. The topological polar surface area (TPSA) is 113 Å². The van der Waals surface area contributed by atoms with E-state index in [2.05, 4.69) is 34.9 Å². The van der Waals surface area contributed by atoms with Crippen LogP contribution >= 0.6 is 0 Å². The van der Waals surface area contributed by atoms with Crippen LogP contribution < -0.4 is 0 Å². The zero-order valence-electron chi connectivity index (χ0n) is 24.1. The van der Waals surface area contributed by atoms with Crippen LogP contribution in [0.1, 0.15) is 22.3 Å². The highest BCUT2D eigenvalue weighted by Gasteiger charge is 2.22. The lowest BCUT2D eigenvalue weighted by atomic mass is 9.92. The molecule has 2 heterocycles. The molecule has 6 heteroatoms. The molecule has 0 saturated carbocycles. The second kappa shape index (κ2) is 10.3. The Labute approximate surface area is 263 Å². The summed E-state index contributed by atoms with van der Waals surface area (Å²) >= 11 is 0. The van der Waals surface area contributed by atoms with E-state index < -0.39 is 0 Å². The summed E-state index contributed by atoms with van der Waals surface area (Å²) in [6.45, 7) is 0. The molecule has 8 aromatic rings. The van der Waals surface area contributed by atoms with Crippen molar-refractivity contribution < 1.29 is 4.42 Å². The molecule has 6 nitrogen and oxygen atoms in total. The van der Waals surface area contributed by atoms with Crippen molar-refractivity contribution in [2.75, 3.05) is 0 Å². The van der Waals surface area contributed by atoms with Gasteiger partial charge in [0.25, 0.3) is 0 Å². The van der Waals surface area contributed by atoms with Crippen molar-refractivity contribution in [1.29, 1.82) is 21.0 Å². The predicted octanol–water partition coefficient (Wildman–Crippen LogP) is 9.50. The lowest BCUT2D eigenvalue weighted by molar-refractivity contribution is 0.669. The fraction of sp³-hybridized carbons (Fsp3) is 0. The molecule has 2 aromatic heterocycles. The zero-order valence-corrected chi connectivity index (χ0v) is 24.1. The van der Waals surface area contributed by atoms with E-state index in [0.717, 1.165) is 60.6 Å². The molecule has 210 valence electrons. The fourth-order valence-electron chi connectivity index (χ4n) is 6.63. The summed E-state index contributed by atoms with van der Waals surface area (Å²) in [7, 11) is 0. The van der Waals surface area contributed by atoms with E-state index in [1.807, 2.05) is 72.8 Å². The van der Waals surface area contributed by atoms with Crippen LogP contribution in [0.4, 0.5) is 0 Å². The number of aromatic nitrogens is 1. The summed E-state index contributed by atoms with van der Waals surface area (Å²) < 4.78 is 8.28. The quantitative estimate of drug-likeness (QED) is 0.205. The van der Waals surface area contributed by atoms with Gasteiger partial charge in [-0.25, -0.2) is 0 Å². The first-order valence-corrected chi connectivity index (χ1v) is 14.5. The van der Waals surface area contributed by atoms with Gasteiger partial charge < -0.3 is 8.98 Å². The summed E-state index contributed by atoms with van der Waals surface area (Å²) in [5.74, 6) is 0. The summed E-state index contributed by atoms with van der Waals surface area (Å²) in [6, 6.07) is 45.2. The molecule has 6 aromatic carbocycles. The second-order valence-electron chi connectivity index (χ2n) is 11.0. The number of para-hydroxylation sites is 2. The highest BCUT2D eigenvalue weighted by molar-refractivity contribution is 6.16. The van der Waals surface area contributed by atoms with Crippen LogP contribution in [0.15, 0.2) is 120 Å². The van der Waals surface area contributed by atoms with Crippen LogP contribution in [0.2, 0.25) is 0 Å². The average Bonchev–Trinajstić information content (AvgIpc) is 3.65. The molecule has 0 atom stereocenters. The Bertz CT molecular complexity index is 2690. The number of nitrogens with zero attached hydrogens (tertiary/aromatic N) is 5. The van der Waals surface area contributed by atoms with Gasteiger partial charge in [0.15, 0.2) is 0 Å². The Hall–Kier alpha value is -7.12. The van der Waals surface area contributed by atoms with Gasteiger partial charge in [0.05, 0.1) is 57.6 Å². The van der Waals surface area contributed by atoms with Crippen molar-refractivity contribution >= 4 is 43.7 Å². The standard InChI is InChI=1S/C40H19N5O/c41-20-25-6-3-7-26(21-42)38(25)24-14-16-35-33(18-24)31-11-5-12-32(39-27(22-43)8-4-9-28(39)23-44)40(31)45(35)29-15-17-37-34(19-29)30-10-1-2-13-36(30)46-37/h1-19H. The Morgan fingerprint density at radius 2 is 1.09 bits per heavy atom. The minimum atomic E-state index is 0.405. The molecule has 0 amide bonds. The molecule has 0 radical (unpaired) electrons. The maximum atomic E-state index is 10.1. The van der Waals surface area contributed by atoms with Gasteiger partial charge in [-0.05, 0) is 66.2 Å². The number of hydrogen-bond donors (Lipinski definition) is 0. The van der Waals surface area contributed by atoms with Crippen molar-refractivity contribution in [2.45, 2.75) is 0 Å². The van der Waals surface area contributed by atoms with Crippen LogP contribution in [0.5, 0.6) is 0 Å². The third-order valence-electron chi connectivity index (χ3n) is 8.57. The van der Waals surface area contributed by atoms with Crippen LogP contribution in [0.3, 0.4) is 0 Å². The normalized spacial score (nSPS) is 11.0. The van der Waals surface area contributed by atoms with Crippen LogP contribution in [-0.2, 0) is 0 Å². The van der Waals surface area contributed by atoms with E-state index in [0.29, 0.717) is 33.4 Å². The van der Waals surface area contributed by atoms with E-state index in [1.54, 1.807) is 36.4 Å². The fourth-order valence-corrected chi connectivity index (χ4v) is 6.63. The highest BCUT2D eigenvalue weighted by atomic mass is 16.3. The first-order chi connectivity index (χ1) is 22.6. The van der Waals surface area contributed by atoms with Gasteiger partial charge in [0, 0.05) is 43.9 Å². The SMILES string of the molecule is N#Cc1cccc(C#N)c1-c1ccc2c(c1)c1cccc(-c3c(C#N)cccc3C#N)c1n2-c1ccc2oc3ccccc3c2c1. The third-order valence-corrected chi connectivity index (χ3v) is 8.57. The van der Waals surface area contributed by atoms with Gasteiger partial charge in [-0.3, -0.25) is 0 Å². The number of nitriles is 4. The van der Waals surface area contributed by atoms with Gasteiger partial charge >= 0.3 is 0 Å². The molecular weight excluding hydrogens is 566 g/mol.